The van der Waals surface area contributed by atoms with Crippen LogP contribution in [-0.4, -0.2) is 48.0 Å². The summed E-state index contributed by atoms with van der Waals surface area (Å²) in [5, 5.41) is 9.23. The zero-order valence-corrected chi connectivity index (χ0v) is 9.69. The van der Waals surface area contributed by atoms with Gasteiger partial charge in [-0.15, -0.1) is 0 Å². The second-order valence-corrected chi connectivity index (χ2v) is 4.93. The number of ether oxygens (including phenoxy) is 1. The van der Waals surface area contributed by atoms with Crippen LogP contribution in [0.15, 0.2) is 0 Å². The summed E-state index contributed by atoms with van der Waals surface area (Å²) >= 11 is 0. The van der Waals surface area contributed by atoms with Gasteiger partial charge < -0.3 is 9.84 Å². The van der Waals surface area contributed by atoms with Gasteiger partial charge in [0, 0.05) is 12.6 Å². The number of aliphatic hydroxyl groups excluding tert-OH is 1. The Morgan fingerprint density at radius 2 is 2.33 bits per heavy atom. The highest BCUT2D eigenvalue weighted by molar-refractivity contribution is 4.89. The van der Waals surface area contributed by atoms with Gasteiger partial charge in [-0.05, 0) is 45.6 Å². The van der Waals surface area contributed by atoms with Gasteiger partial charge in [-0.2, -0.15) is 0 Å². The molecule has 1 aliphatic heterocycles. The topological polar surface area (TPSA) is 32.7 Å². The Kier molecular flexibility index (Phi) is 4.00. The summed E-state index contributed by atoms with van der Waals surface area (Å²) in [6.07, 6.45) is 6.27. The van der Waals surface area contributed by atoms with Crippen LogP contribution in [-0.2, 0) is 4.74 Å². The van der Waals surface area contributed by atoms with Crippen molar-refractivity contribution < 1.29 is 9.84 Å². The van der Waals surface area contributed by atoms with Crippen molar-refractivity contribution in [1.82, 2.24) is 4.90 Å². The Morgan fingerprint density at radius 1 is 1.47 bits per heavy atom. The molecule has 1 heterocycles. The van der Waals surface area contributed by atoms with Crippen LogP contribution in [0.2, 0.25) is 0 Å². The van der Waals surface area contributed by atoms with Gasteiger partial charge in [0.05, 0.1) is 18.8 Å². The third kappa shape index (κ3) is 2.92. The first-order valence-corrected chi connectivity index (χ1v) is 6.31. The zero-order chi connectivity index (χ0) is 10.7. The first kappa shape index (κ1) is 11.4. The van der Waals surface area contributed by atoms with Crippen LogP contribution in [0, 0.1) is 0 Å². The Labute approximate surface area is 92.4 Å². The Morgan fingerprint density at radius 3 is 3.13 bits per heavy atom. The fraction of sp³-hybridized carbons (Fsp3) is 1.00. The lowest BCUT2D eigenvalue weighted by molar-refractivity contribution is -0.0564. The van der Waals surface area contributed by atoms with Gasteiger partial charge >= 0.3 is 0 Å². The minimum atomic E-state index is -0.148. The second kappa shape index (κ2) is 5.28. The monoisotopic (exact) mass is 213 g/mol. The molecule has 1 N–H and O–H groups in total. The van der Waals surface area contributed by atoms with Crippen molar-refractivity contribution in [2.75, 3.05) is 19.7 Å². The zero-order valence-electron chi connectivity index (χ0n) is 9.69. The van der Waals surface area contributed by atoms with Gasteiger partial charge in [-0.1, -0.05) is 0 Å². The molecule has 15 heavy (non-hydrogen) atoms. The number of rotatable bonds is 4. The fourth-order valence-electron chi connectivity index (χ4n) is 2.87. The van der Waals surface area contributed by atoms with Crippen molar-refractivity contribution in [3.05, 3.63) is 0 Å². The van der Waals surface area contributed by atoms with Crippen LogP contribution in [0.1, 0.15) is 39.0 Å². The summed E-state index contributed by atoms with van der Waals surface area (Å²) < 4.78 is 5.77. The van der Waals surface area contributed by atoms with Gasteiger partial charge in [0.15, 0.2) is 0 Å². The molecule has 0 radical (unpaired) electrons. The molecule has 2 fully saturated rings. The molecule has 1 saturated heterocycles. The molecule has 2 rings (SSSR count). The highest BCUT2D eigenvalue weighted by Gasteiger charge is 2.35. The predicted octanol–water partition coefficient (Wildman–Crippen LogP) is 1.40. The Hall–Kier alpha value is -0.120. The number of fused-ring (bicyclic) bond motifs is 1. The van der Waals surface area contributed by atoms with Crippen LogP contribution < -0.4 is 0 Å². The highest BCUT2D eigenvalue weighted by atomic mass is 16.5. The third-order valence-electron chi connectivity index (χ3n) is 3.66. The van der Waals surface area contributed by atoms with E-state index in [4.69, 9.17) is 4.74 Å². The third-order valence-corrected chi connectivity index (χ3v) is 3.66. The maximum Gasteiger partial charge on any atom is 0.0730 e. The molecular weight excluding hydrogens is 190 g/mol. The molecule has 0 spiro atoms. The van der Waals surface area contributed by atoms with E-state index >= 15 is 0 Å². The number of morpholine rings is 1. The van der Waals surface area contributed by atoms with Crippen LogP contribution in [0.25, 0.3) is 0 Å². The summed E-state index contributed by atoms with van der Waals surface area (Å²) in [5.74, 6) is 0. The summed E-state index contributed by atoms with van der Waals surface area (Å²) in [5.41, 5.74) is 0. The van der Waals surface area contributed by atoms with Crippen molar-refractivity contribution >= 4 is 0 Å². The lowest BCUT2D eigenvalue weighted by atomic mass is 10.1. The average Bonchev–Trinajstić information content (AvgIpc) is 2.65. The maximum atomic E-state index is 9.23. The summed E-state index contributed by atoms with van der Waals surface area (Å²) in [6, 6.07) is 0.674. The first-order valence-electron chi connectivity index (χ1n) is 6.31. The minimum absolute atomic E-state index is 0.148. The summed E-state index contributed by atoms with van der Waals surface area (Å²) in [4.78, 5) is 2.57. The largest absolute Gasteiger partial charge is 0.393 e. The number of aliphatic hydroxyl groups is 1. The van der Waals surface area contributed by atoms with Crippen LogP contribution in [0.4, 0.5) is 0 Å². The van der Waals surface area contributed by atoms with Crippen LogP contribution in [0.3, 0.4) is 0 Å². The molecule has 3 atom stereocenters. The van der Waals surface area contributed by atoms with Gasteiger partial charge in [0.25, 0.3) is 0 Å². The molecule has 0 aromatic heterocycles. The van der Waals surface area contributed by atoms with E-state index < -0.39 is 0 Å². The maximum absolute atomic E-state index is 9.23. The molecule has 2 aliphatic rings. The molecular formula is C12H23NO2. The lowest BCUT2D eigenvalue weighted by Crippen LogP contribution is -2.48. The Balaban J connectivity index is 1.75. The van der Waals surface area contributed by atoms with Crippen molar-refractivity contribution in [2.24, 2.45) is 0 Å². The summed E-state index contributed by atoms with van der Waals surface area (Å²) in [6.45, 7) is 4.99. The average molecular weight is 213 g/mol. The molecule has 1 saturated carbocycles. The van der Waals surface area contributed by atoms with Crippen molar-refractivity contribution in [3.8, 4) is 0 Å². The molecule has 3 unspecified atom stereocenters. The number of hydrogen-bond acceptors (Lipinski definition) is 3. The van der Waals surface area contributed by atoms with Crippen molar-refractivity contribution in [2.45, 2.75) is 57.3 Å². The molecule has 1 aliphatic carbocycles. The normalized spacial score (nSPS) is 34.0. The lowest BCUT2D eigenvalue weighted by Gasteiger charge is -2.37. The number of nitrogens with zero attached hydrogens (tertiary/aromatic N) is 1. The quantitative estimate of drug-likeness (QED) is 0.766. The van der Waals surface area contributed by atoms with Gasteiger partial charge in [-0.25, -0.2) is 0 Å². The van der Waals surface area contributed by atoms with E-state index in [-0.39, 0.29) is 6.10 Å². The predicted molar refractivity (Wildman–Crippen MR) is 59.9 cm³/mol. The van der Waals surface area contributed by atoms with E-state index in [0.29, 0.717) is 12.1 Å². The van der Waals surface area contributed by atoms with Gasteiger partial charge in [0.2, 0.25) is 0 Å². The second-order valence-electron chi connectivity index (χ2n) is 4.93. The fourth-order valence-corrected chi connectivity index (χ4v) is 2.87. The van der Waals surface area contributed by atoms with E-state index in [9.17, 15) is 5.11 Å². The van der Waals surface area contributed by atoms with E-state index in [0.717, 1.165) is 32.5 Å². The smallest absolute Gasteiger partial charge is 0.0730 e. The van der Waals surface area contributed by atoms with Gasteiger partial charge in [-0.3, -0.25) is 4.90 Å². The standard InChI is InChI=1S/C12H23NO2/c1-10(14)4-3-7-13-8-9-15-12-6-2-5-11(12)13/h10-12,14H,2-9H2,1H3. The molecule has 3 heteroatoms. The minimum Gasteiger partial charge on any atom is -0.393 e. The van der Waals surface area contributed by atoms with E-state index in [1.807, 2.05) is 6.92 Å². The van der Waals surface area contributed by atoms with Crippen LogP contribution >= 0.6 is 0 Å². The van der Waals surface area contributed by atoms with E-state index in [2.05, 4.69) is 4.90 Å². The van der Waals surface area contributed by atoms with E-state index in [1.54, 1.807) is 0 Å². The van der Waals surface area contributed by atoms with Gasteiger partial charge in [0.1, 0.15) is 0 Å². The SMILES string of the molecule is CC(O)CCCN1CCOC2CCCC21. The van der Waals surface area contributed by atoms with Crippen molar-refractivity contribution in [1.29, 1.82) is 0 Å². The Bertz CT molecular complexity index is 196. The number of hydrogen-bond donors (Lipinski definition) is 1. The molecule has 88 valence electrons. The highest BCUT2D eigenvalue weighted by Crippen LogP contribution is 2.29. The molecule has 0 aromatic carbocycles. The molecule has 3 nitrogen and oxygen atoms in total. The van der Waals surface area contributed by atoms with E-state index in [1.165, 1.54) is 19.3 Å². The summed E-state index contributed by atoms with van der Waals surface area (Å²) in [7, 11) is 0. The molecule has 0 bridgehead atoms. The first-order chi connectivity index (χ1) is 7.27. The molecule has 0 amide bonds. The molecule has 0 aromatic rings. The van der Waals surface area contributed by atoms with Crippen molar-refractivity contribution in [3.63, 3.8) is 0 Å². The van der Waals surface area contributed by atoms with Crippen LogP contribution in [0.5, 0.6) is 0 Å².